The molecule has 2 N–H and O–H groups in total. The minimum atomic E-state index is -0.103. The molecule has 1 saturated heterocycles. The van der Waals surface area contributed by atoms with Crippen LogP contribution in [0, 0.1) is 5.92 Å². The maximum atomic E-state index is 11.9. The lowest BCUT2D eigenvalue weighted by Gasteiger charge is -2.31. The predicted octanol–water partition coefficient (Wildman–Crippen LogP) is 1.07. The van der Waals surface area contributed by atoms with E-state index in [1.165, 1.54) is 0 Å². The third-order valence-corrected chi connectivity index (χ3v) is 3.13. The molecule has 0 aromatic rings. The molecule has 0 saturated carbocycles. The van der Waals surface area contributed by atoms with Crippen LogP contribution in [0.2, 0.25) is 0 Å². The number of nitrogens with zero attached hydrogens (tertiary/aromatic N) is 2. The molecule has 17 heavy (non-hydrogen) atoms. The quantitative estimate of drug-likeness (QED) is 0.571. The Morgan fingerprint density at radius 3 is 2.47 bits per heavy atom. The van der Waals surface area contributed by atoms with E-state index < -0.39 is 0 Å². The Morgan fingerprint density at radius 1 is 1.41 bits per heavy atom. The molecular formula is C12H23N3O2. The number of rotatable bonds is 4. The molecule has 1 rings (SSSR count). The first kappa shape index (κ1) is 14.0. The number of hydrogen-bond acceptors (Lipinski definition) is 4. The third-order valence-electron chi connectivity index (χ3n) is 3.13. The van der Waals surface area contributed by atoms with Gasteiger partial charge in [-0.3, -0.25) is 9.69 Å². The molecule has 1 fully saturated rings. The molecule has 1 aliphatic heterocycles. The molecule has 0 aliphatic carbocycles. The molecule has 0 spiro atoms. The molecule has 1 atom stereocenters. The third kappa shape index (κ3) is 4.34. The number of piperidine rings is 1. The summed E-state index contributed by atoms with van der Waals surface area (Å²) >= 11 is 0. The lowest BCUT2D eigenvalue weighted by Crippen LogP contribution is -2.49. The van der Waals surface area contributed by atoms with E-state index in [0.29, 0.717) is 5.92 Å². The van der Waals surface area contributed by atoms with Crippen LogP contribution in [0.3, 0.4) is 0 Å². The highest BCUT2D eigenvalue weighted by molar-refractivity contribution is 5.85. The molecule has 0 aromatic carbocycles. The molecular weight excluding hydrogens is 218 g/mol. The fourth-order valence-electron chi connectivity index (χ4n) is 1.89. The van der Waals surface area contributed by atoms with Crippen LogP contribution < -0.4 is 5.32 Å². The van der Waals surface area contributed by atoms with Gasteiger partial charge in [0.15, 0.2) is 0 Å². The maximum Gasteiger partial charge on any atom is 0.237 e. The van der Waals surface area contributed by atoms with Crippen LogP contribution in [0.25, 0.3) is 0 Å². The average Bonchev–Trinajstić information content (AvgIpc) is 2.35. The number of carbonyl (C=O) groups excluding carboxylic acids is 1. The number of nitrogens with one attached hydrogen (secondary N) is 1. The van der Waals surface area contributed by atoms with Crippen LogP contribution in [0.4, 0.5) is 0 Å². The number of carbonyl (C=O) groups is 1. The molecule has 1 unspecified atom stereocenters. The van der Waals surface area contributed by atoms with Gasteiger partial charge in [-0.25, -0.2) is 0 Å². The van der Waals surface area contributed by atoms with Crippen molar-refractivity contribution in [3.05, 3.63) is 0 Å². The van der Waals surface area contributed by atoms with Gasteiger partial charge in [0.1, 0.15) is 0 Å². The van der Waals surface area contributed by atoms with Crippen molar-refractivity contribution in [3.8, 4) is 0 Å². The van der Waals surface area contributed by atoms with Gasteiger partial charge in [-0.15, -0.1) is 0 Å². The van der Waals surface area contributed by atoms with E-state index in [1.807, 2.05) is 6.92 Å². The topological polar surface area (TPSA) is 64.9 Å². The highest BCUT2D eigenvalue weighted by atomic mass is 16.4. The first-order chi connectivity index (χ1) is 8.04. The van der Waals surface area contributed by atoms with Gasteiger partial charge in [-0.2, -0.15) is 0 Å². The Hall–Kier alpha value is -1.10. The van der Waals surface area contributed by atoms with E-state index in [1.54, 1.807) is 0 Å². The van der Waals surface area contributed by atoms with Crippen molar-refractivity contribution in [2.24, 2.45) is 11.1 Å². The van der Waals surface area contributed by atoms with E-state index in [9.17, 15) is 4.79 Å². The maximum absolute atomic E-state index is 11.9. The molecule has 0 radical (unpaired) electrons. The summed E-state index contributed by atoms with van der Waals surface area (Å²) in [6.07, 6.45) is 1.50. The summed E-state index contributed by atoms with van der Waals surface area (Å²) < 4.78 is 0. The number of oxime groups is 1. The first-order valence-corrected chi connectivity index (χ1v) is 6.26. The summed E-state index contributed by atoms with van der Waals surface area (Å²) in [4.78, 5) is 14.0. The number of likely N-dealkylation sites (tertiary alicyclic amines) is 1. The van der Waals surface area contributed by atoms with Crippen molar-refractivity contribution in [1.29, 1.82) is 0 Å². The molecule has 5 nitrogen and oxygen atoms in total. The van der Waals surface area contributed by atoms with Gasteiger partial charge < -0.3 is 10.5 Å². The standard InChI is InChI=1S/C12H23N3O2/c1-9(2)8-13-12(16)10(3)15-6-4-11(14-17)5-7-15/h9-10,17H,4-8H2,1-3H3,(H,13,16). The van der Waals surface area contributed by atoms with Gasteiger partial charge in [0.25, 0.3) is 0 Å². The highest BCUT2D eigenvalue weighted by Crippen LogP contribution is 2.10. The highest BCUT2D eigenvalue weighted by Gasteiger charge is 2.24. The second kappa shape index (κ2) is 6.59. The average molecular weight is 241 g/mol. The Balaban J connectivity index is 2.37. The smallest absolute Gasteiger partial charge is 0.237 e. The van der Waals surface area contributed by atoms with Crippen molar-refractivity contribution in [3.63, 3.8) is 0 Å². The van der Waals surface area contributed by atoms with Crippen molar-refractivity contribution in [2.45, 2.75) is 39.7 Å². The fraction of sp³-hybridized carbons (Fsp3) is 0.833. The first-order valence-electron chi connectivity index (χ1n) is 6.26. The zero-order valence-electron chi connectivity index (χ0n) is 10.9. The molecule has 0 aromatic heterocycles. The van der Waals surface area contributed by atoms with Gasteiger partial charge in [0, 0.05) is 32.5 Å². The van der Waals surface area contributed by atoms with Crippen molar-refractivity contribution in [1.82, 2.24) is 10.2 Å². The molecule has 0 bridgehead atoms. The summed E-state index contributed by atoms with van der Waals surface area (Å²) in [5.41, 5.74) is 0.830. The fourth-order valence-corrected chi connectivity index (χ4v) is 1.89. The summed E-state index contributed by atoms with van der Waals surface area (Å²) in [6.45, 7) is 8.38. The molecule has 1 amide bonds. The van der Waals surface area contributed by atoms with Crippen LogP contribution in [0.15, 0.2) is 5.16 Å². The van der Waals surface area contributed by atoms with Gasteiger partial charge in [0.2, 0.25) is 5.91 Å². The van der Waals surface area contributed by atoms with Gasteiger partial charge in [-0.1, -0.05) is 19.0 Å². The monoisotopic (exact) mass is 241 g/mol. The molecule has 98 valence electrons. The van der Waals surface area contributed by atoms with Crippen LogP contribution in [-0.2, 0) is 4.79 Å². The summed E-state index contributed by atoms with van der Waals surface area (Å²) in [7, 11) is 0. The van der Waals surface area contributed by atoms with Crippen LogP contribution in [0.5, 0.6) is 0 Å². The predicted molar refractivity (Wildman–Crippen MR) is 67.3 cm³/mol. The minimum absolute atomic E-state index is 0.0862. The summed E-state index contributed by atoms with van der Waals surface area (Å²) in [5, 5.41) is 14.8. The van der Waals surface area contributed by atoms with E-state index in [-0.39, 0.29) is 11.9 Å². The Labute approximate surface area is 103 Å². The minimum Gasteiger partial charge on any atom is -0.411 e. The lowest BCUT2D eigenvalue weighted by molar-refractivity contribution is -0.126. The number of hydrogen-bond donors (Lipinski definition) is 2. The van der Waals surface area contributed by atoms with E-state index >= 15 is 0 Å². The van der Waals surface area contributed by atoms with E-state index in [0.717, 1.165) is 38.2 Å². The van der Waals surface area contributed by atoms with Crippen molar-refractivity contribution in [2.75, 3.05) is 19.6 Å². The lowest BCUT2D eigenvalue weighted by atomic mass is 10.1. The molecule has 5 heteroatoms. The Bertz CT molecular complexity index is 279. The van der Waals surface area contributed by atoms with E-state index in [2.05, 4.69) is 29.2 Å². The van der Waals surface area contributed by atoms with E-state index in [4.69, 9.17) is 5.21 Å². The largest absolute Gasteiger partial charge is 0.411 e. The second-order valence-corrected chi connectivity index (χ2v) is 5.02. The van der Waals surface area contributed by atoms with Crippen LogP contribution in [-0.4, -0.2) is 47.4 Å². The Morgan fingerprint density at radius 2 is 2.00 bits per heavy atom. The van der Waals surface area contributed by atoms with Crippen LogP contribution >= 0.6 is 0 Å². The molecule has 1 heterocycles. The summed E-state index contributed by atoms with van der Waals surface area (Å²) in [6, 6.07) is -0.103. The van der Waals surface area contributed by atoms with Crippen molar-refractivity contribution >= 4 is 11.6 Å². The number of amides is 1. The SMILES string of the molecule is CC(C)CNC(=O)C(C)N1CCC(=NO)CC1. The van der Waals surface area contributed by atoms with Gasteiger partial charge in [-0.05, 0) is 12.8 Å². The van der Waals surface area contributed by atoms with Crippen LogP contribution in [0.1, 0.15) is 33.6 Å². The van der Waals surface area contributed by atoms with Crippen molar-refractivity contribution < 1.29 is 10.0 Å². The zero-order chi connectivity index (χ0) is 12.8. The summed E-state index contributed by atoms with van der Waals surface area (Å²) in [5.74, 6) is 0.559. The zero-order valence-corrected chi connectivity index (χ0v) is 10.9. The Kier molecular flexibility index (Phi) is 5.41. The normalized spacial score (nSPS) is 19.2. The second-order valence-electron chi connectivity index (χ2n) is 5.02. The van der Waals surface area contributed by atoms with Gasteiger partial charge >= 0.3 is 0 Å². The van der Waals surface area contributed by atoms with Gasteiger partial charge in [0.05, 0.1) is 11.8 Å². The molecule has 1 aliphatic rings.